The van der Waals surface area contributed by atoms with E-state index >= 15 is 0 Å². The highest BCUT2D eigenvalue weighted by atomic mass is 16.5. The molecule has 0 fully saturated rings. The summed E-state index contributed by atoms with van der Waals surface area (Å²) in [6.07, 6.45) is 1.71. The summed E-state index contributed by atoms with van der Waals surface area (Å²) in [6, 6.07) is 11.8. The number of likely N-dealkylation sites (N-methyl/N-ethyl adjacent to an activating group) is 1. The van der Waals surface area contributed by atoms with Crippen LogP contribution in [0.5, 0.6) is 5.75 Å². The third kappa shape index (κ3) is 4.40. The third-order valence-electron chi connectivity index (χ3n) is 3.22. The first kappa shape index (κ1) is 14.6. The average Bonchev–Trinajstić information content (AvgIpc) is 2.99. The molecule has 0 aliphatic rings. The number of hydrogen-bond acceptors (Lipinski definition) is 4. The second-order valence-corrected chi connectivity index (χ2v) is 4.65. The predicted octanol–water partition coefficient (Wildman–Crippen LogP) is 2.64. The second kappa shape index (κ2) is 7.72. The van der Waals surface area contributed by atoms with Gasteiger partial charge in [-0.25, -0.2) is 0 Å². The van der Waals surface area contributed by atoms with Crippen LogP contribution in [0.2, 0.25) is 0 Å². The van der Waals surface area contributed by atoms with Crippen LogP contribution in [0.3, 0.4) is 0 Å². The van der Waals surface area contributed by atoms with Gasteiger partial charge in [0.15, 0.2) is 0 Å². The zero-order valence-corrected chi connectivity index (χ0v) is 11.9. The molecule has 0 unspecified atom stereocenters. The quantitative estimate of drug-likeness (QED) is 0.804. The number of benzene rings is 1. The van der Waals surface area contributed by atoms with Crippen LogP contribution in [0.1, 0.15) is 18.2 Å². The van der Waals surface area contributed by atoms with Crippen molar-refractivity contribution in [1.29, 1.82) is 0 Å². The van der Waals surface area contributed by atoms with E-state index in [0.29, 0.717) is 13.2 Å². The minimum atomic E-state index is 0.538. The molecule has 0 aliphatic carbocycles. The monoisotopic (exact) mass is 274 g/mol. The van der Waals surface area contributed by atoms with Crippen molar-refractivity contribution in [3.8, 4) is 5.75 Å². The summed E-state index contributed by atoms with van der Waals surface area (Å²) in [7, 11) is 0. The predicted molar refractivity (Wildman–Crippen MR) is 79.5 cm³/mol. The van der Waals surface area contributed by atoms with E-state index in [9.17, 15) is 0 Å². The molecule has 4 heteroatoms. The fraction of sp³-hybridized carbons (Fsp3) is 0.375. The van der Waals surface area contributed by atoms with Crippen LogP contribution < -0.4 is 10.5 Å². The van der Waals surface area contributed by atoms with E-state index in [-0.39, 0.29) is 0 Å². The van der Waals surface area contributed by atoms with Crippen molar-refractivity contribution < 1.29 is 9.15 Å². The van der Waals surface area contributed by atoms with Crippen LogP contribution in [0, 0.1) is 0 Å². The molecular weight excluding hydrogens is 252 g/mol. The Hall–Kier alpha value is -1.78. The number of rotatable bonds is 8. The second-order valence-electron chi connectivity index (χ2n) is 4.65. The first-order valence-corrected chi connectivity index (χ1v) is 6.98. The lowest BCUT2D eigenvalue weighted by Gasteiger charge is -2.19. The van der Waals surface area contributed by atoms with E-state index in [1.54, 1.807) is 6.26 Å². The first-order valence-electron chi connectivity index (χ1n) is 6.98. The van der Waals surface area contributed by atoms with Crippen LogP contribution in [-0.4, -0.2) is 24.6 Å². The van der Waals surface area contributed by atoms with Crippen LogP contribution >= 0.6 is 0 Å². The Morgan fingerprint density at radius 3 is 2.85 bits per heavy atom. The Morgan fingerprint density at radius 1 is 1.25 bits per heavy atom. The molecule has 0 spiro atoms. The fourth-order valence-corrected chi connectivity index (χ4v) is 2.03. The molecule has 2 rings (SSSR count). The molecular formula is C16H22N2O2. The number of ether oxygens (including phenoxy) is 1. The molecule has 0 aliphatic heterocycles. The Balaban J connectivity index is 1.78. The standard InChI is InChI=1S/C16H22N2O2/c1-2-18(13-16-7-4-9-19-16)8-10-20-15-6-3-5-14(11-15)12-17/h3-7,9,11H,2,8,10,12-13,17H2,1H3. The van der Waals surface area contributed by atoms with Crippen LogP contribution in [-0.2, 0) is 13.1 Å². The molecule has 0 atom stereocenters. The number of nitrogens with two attached hydrogens (primary N) is 1. The van der Waals surface area contributed by atoms with Crippen molar-refractivity contribution in [2.45, 2.75) is 20.0 Å². The van der Waals surface area contributed by atoms with E-state index < -0.39 is 0 Å². The lowest BCUT2D eigenvalue weighted by molar-refractivity contribution is 0.199. The lowest BCUT2D eigenvalue weighted by atomic mass is 10.2. The van der Waals surface area contributed by atoms with Gasteiger partial charge in [0, 0.05) is 13.1 Å². The maximum absolute atomic E-state index is 5.77. The molecule has 0 saturated heterocycles. The van der Waals surface area contributed by atoms with Crippen molar-refractivity contribution in [2.24, 2.45) is 5.73 Å². The van der Waals surface area contributed by atoms with Gasteiger partial charge in [-0.3, -0.25) is 4.90 Å². The smallest absolute Gasteiger partial charge is 0.119 e. The minimum Gasteiger partial charge on any atom is -0.492 e. The van der Waals surface area contributed by atoms with E-state index in [4.69, 9.17) is 14.9 Å². The van der Waals surface area contributed by atoms with Crippen LogP contribution in [0.4, 0.5) is 0 Å². The minimum absolute atomic E-state index is 0.538. The largest absolute Gasteiger partial charge is 0.492 e. The summed E-state index contributed by atoms with van der Waals surface area (Å²) in [6.45, 7) is 5.98. The summed E-state index contributed by atoms with van der Waals surface area (Å²) in [4.78, 5) is 2.28. The fourth-order valence-electron chi connectivity index (χ4n) is 2.03. The van der Waals surface area contributed by atoms with Crippen LogP contribution in [0.15, 0.2) is 47.1 Å². The van der Waals surface area contributed by atoms with Crippen molar-refractivity contribution in [3.63, 3.8) is 0 Å². The Bertz CT molecular complexity index is 497. The van der Waals surface area contributed by atoms with E-state index in [1.807, 2.05) is 36.4 Å². The molecule has 0 amide bonds. The lowest BCUT2D eigenvalue weighted by Crippen LogP contribution is -2.27. The highest BCUT2D eigenvalue weighted by molar-refractivity contribution is 5.28. The van der Waals surface area contributed by atoms with E-state index in [2.05, 4.69) is 11.8 Å². The summed E-state index contributed by atoms with van der Waals surface area (Å²) in [5.41, 5.74) is 6.71. The van der Waals surface area contributed by atoms with Gasteiger partial charge in [0.05, 0.1) is 12.8 Å². The van der Waals surface area contributed by atoms with E-state index in [0.717, 1.165) is 36.7 Å². The molecule has 2 aromatic rings. The Kier molecular flexibility index (Phi) is 5.65. The van der Waals surface area contributed by atoms with Crippen molar-refractivity contribution in [2.75, 3.05) is 19.7 Å². The zero-order chi connectivity index (χ0) is 14.2. The maximum atomic E-state index is 5.77. The van der Waals surface area contributed by atoms with Crippen LogP contribution in [0.25, 0.3) is 0 Å². The average molecular weight is 274 g/mol. The van der Waals surface area contributed by atoms with Gasteiger partial charge >= 0.3 is 0 Å². The molecule has 1 aromatic carbocycles. The molecule has 0 bridgehead atoms. The molecule has 20 heavy (non-hydrogen) atoms. The van der Waals surface area contributed by atoms with Gasteiger partial charge in [0.25, 0.3) is 0 Å². The maximum Gasteiger partial charge on any atom is 0.119 e. The molecule has 1 heterocycles. The summed E-state index contributed by atoms with van der Waals surface area (Å²) >= 11 is 0. The highest BCUT2D eigenvalue weighted by Crippen LogP contribution is 2.13. The van der Waals surface area contributed by atoms with Gasteiger partial charge in [0.2, 0.25) is 0 Å². The summed E-state index contributed by atoms with van der Waals surface area (Å²) in [5, 5.41) is 0. The van der Waals surface area contributed by atoms with Gasteiger partial charge in [0.1, 0.15) is 18.1 Å². The normalized spacial score (nSPS) is 10.9. The number of hydrogen-bond donors (Lipinski definition) is 1. The zero-order valence-electron chi connectivity index (χ0n) is 11.9. The molecule has 108 valence electrons. The van der Waals surface area contributed by atoms with Gasteiger partial charge < -0.3 is 14.9 Å². The molecule has 2 N–H and O–H groups in total. The topological polar surface area (TPSA) is 51.6 Å². The van der Waals surface area contributed by atoms with Crippen molar-refractivity contribution in [1.82, 2.24) is 4.90 Å². The van der Waals surface area contributed by atoms with Crippen molar-refractivity contribution >= 4 is 0 Å². The Morgan fingerprint density at radius 2 is 2.15 bits per heavy atom. The summed E-state index contributed by atoms with van der Waals surface area (Å²) < 4.78 is 11.1. The van der Waals surface area contributed by atoms with Gasteiger partial charge in [-0.05, 0) is 36.4 Å². The van der Waals surface area contributed by atoms with Crippen molar-refractivity contribution in [3.05, 3.63) is 54.0 Å². The molecule has 1 aromatic heterocycles. The number of furan rings is 1. The summed E-state index contributed by atoms with van der Waals surface area (Å²) in [5.74, 6) is 1.86. The number of nitrogens with zero attached hydrogens (tertiary/aromatic N) is 1. The first-order chi connectivity index (χ1) is 9.81. The highest BCUT2D eigenvalue weighted by Gasteiger charge is 2.06. The Labute approximate surface area is 120 Å². The van der Waals surface area contributed by atoms with Gasteiger partial charge in [-0.1, -0.05) is 19.1 Å². The third-order valence-corrected chi connectivity index (χ3v) is 3.22. The van der Waals surface area contributed by atoms with Gasteiger partial charge in [-0.2, -0.15) is 0 Å². The molecule has 4 nitrogen and oxygen atoms in total. The molecule has 0 saturated carbocycles. The van der Waals surface area contributed by atoms with E-state index in [1.165, 1.54) is 0 Å². The SMILES string of the molecule is CCN(CCOc1cccc(CN)c1)Cc1ccco1. The molecule has 0 radical (unpaired) electrons. The van der Waals surface area contributed by atoms with Gasteiger partial charge in [-0.15, -0.1) is 0 Å².